The molecule has 2 nitrogen and oxygen atoms in total. The molecule has 2 rings (SSSR count). The summed E-state index contributed by atoms with van der Waals surface area (Å²) in [7, 11) is 0. The van der Waals surface area contributed by atoms with Crippen LogP contribution >= 0.6 is 0 Å². The Labute approximate surface area is 89.3 Å². The number of nitrogens with zero attached hydrogens (tertiary/aromatic N) is 1. The lowest BCUT2D eigenvalue weighted by molar-refractivity contribution is -0.555. The molecular weight excluding hydrogens is 184 g/mol. The predicted octanol–water partition coefficient (Wildman–Crippen LogP) is 2.32. The fourth-order valence-corrected chi connectivity index (χ4v) is 1.51. The van der Waals surface area contributed by atoms with Gasteiger partial charge in [0.15, 0.2) is 12.4 Å². The number of nitrogen functional groups attached to an aromatic ring is 1. The second-order valence-electron chi connectivity index (χ2n) is 3.30. The van der Waals surface area contributed by atoms with Crippen LogP contribution in [0.1, 0.15) is 0 Å². The summed E-state index contributed by atoms with van der Waals surface area (Å²) in [5.41, 5.74) is 8.66. The molecule has 0 radical (unpaired) electrons. The van der Waals surface area contributed by atoms with Gasteiger partial charge in [0.25, 0.3) is 0 Å². The van der Waals surface area contributed by atoms with Gasteiger partial charge in [-0.05, 0) is 36.9 Å². The van der Waals surface area contributed by atoms with Crippen LogP contribution in [-0.2, 0) is 0 Å². The van der Waals surface area contributed by atoms with Crippen molar-refractivity contribution < 1.29 is 4.57 Å². The predicted molar refractivity (Wildman–Crippen MR) is 62.9 cm³/mol. The summed E-state index contributed by atoms with van der Waals surface area (Å²) < 4.78 is 1.98. The molecule has 1 aromatic carbocycles. The lowest BCUT2D eigenvalue weighted by atomic mass is 10.1. The summed E-state index contributed by atoms with van der Waals surface area (Å²) >= 11 is 0. The van der Waals surface area contributed by atoms with E-state index in [1.54, 1.807) is 6.20 Å². The highest BCUT2D eigenvalue weighted by atomic mass is 14.9. The van der Waals surface area contributed by atoms with Gasteiger partial charge in [-0.15, -0.1) is 0 Å². The van der Waals surface area contributed by atoms with Crippen LogP contribution in [0.3, 0.4) is 0 Å². The summed E-state index contributed by atoms with van der Waals surface area (Å²) in [5.74, 6) is 0. The van der Waals surface area contributed by atoms with Gasteiger partial charge in [-0.3, -0.25) is 0 Å². The Bertz CT molecular complexity index is 472. The van der Waals surface area contributed by atoms with Gasteiger partial charge in [0, 0.05) is 23.4 Å². The third-order valence-electron chi connectivity index (χ3n) is 2.29. The minimum absolute atomic E-state index is 0.778. The van der Waals surface area contributed by atoms with Crippen molar-refractivity contribution in [2.45, 2.75) is 0 Å². The van der Waals surface area contributed by atoms with Crippen LogP contribution in [-0.4, -0.2) is 0 Å². The monoisotopic (exact) mass is 197 g/mol. The quantitative estimate of drug-likeness (QED) is 0.581. The van der Waals surface area contributed by atoms with Crippen molar-refractivity contribution in [2.24, 2.45) is 0 Å². The standard InChI is InChI=1S/C13H12N2/c1-2-15-10-4-3-5-13(15)11-6-8-12(14)9-7-11/h2-10,14H,1H2/p+1. The molecule has 0 atom stereocenters. The zero-order valence-corrected chi connectivity index (χ0v) is 8.43. The van der Waals surface area contributed by atoms with E-state index in [4.69, 9.17) is 5.73 Å². The maximum Gasteiger partial charge on any atom is 0.217 e. The molecule has 1 aromatic heterocycles. The first-order valence-electron chi connectivity index (χ1n) is 4.80. The normalized spacial score (nSPS) is 9.87. The van der Waals surface area contributed by atoms with Crippen molar-refractivity contribution in [3.8, 4) is 11.3 Å². The molecule has 0 spiro atoms. The van der Waals surface area contributed by atoms with E-state index in [2.05, 4.69) is 6.58 Å². The van der Waals surface area contributed by atoms with Gasteiger partial charge in [0.1, 0.15) is 0 Å². The van der Waals surface area contributed by atoms with Crippen LogP contribution in [0.15, 0.2) is 55.2 Å². The van der Waals surface area contributed by atoms with Gasteiger partial charge in [-0.1, -0.05) is 0 Å². The van der Waals surface area contributed by atoms with E-state index in [9.17, 15) is 0 Å². The topological polar surface area (TPSA) is 29.9 Å². The van der Waals surface area contributed by atoms with Crippen molar-refractivity contribution in [3.05, 3.63) is 55.2 Å². The molecule has 0 saturated heterocycles. The van der Waals surface area contributed by atoms with Gasteiger partial charge < -0.3 is 5.73 Å². The zero-order valence-electron chi connectivity index (χ0n) is 8.43. The molecule has 1 heterocycles. The fourth-order valence-electron chi connectivity index (χ4n) is 1.51. The van der Waals surface area contributed by atoms with Crippen LogP contribution in [0.2, 0.25) is 0 Å². The largest absolute Gasteiger partial charge is 0.399 e. The fraction of sp³-hybridized carbons (Fsp3) is 0. The molecular formula is C13H13N2+. The highest BCUT2D eigenvalue weighted by molar-refractivity contribution is 5.59. The number of hydrogen-bond donors (Lipinski definition) is 1. The second-order valence-corrected chi connectivity index (χ2v) is 3.30. The molecule has 0 fully saturated rings. The third kappa shape index (κ3) is 1.89. The summed E-state index contributed by atoms with van der Waals surface area (Å²) in [6, 6.07) is 13.8. The van der Waals surface area contributed by atoms with Crippen molar-refractivity contribution >= 4 is 11.9 Å². The first-order valence-corrected chi connectivity index (χ1v) is 4.80. The van der Waals surface area contributed by atoms with E-state index in [1.807, 2.05) is 53.2 Å². The lowest BCUT2D eigenvalue weighted by Crippen LogP contribution is -2.27. The molecule has 0 aliphatic rings. The van der Waals surface area contributed by atoms with Crippen LogP contribution in [0.4, 0.5) is 5.69 Å². The molecule has 0 saturated carbocycles. The summed E-state index contributed by atoms with van der Waals surface area (Å²) in [5, 5.41) is 0. The average Bonchev–Trinajstić information content (AvgIpc) is 2.30. The minimum atomic E-state index is 0.778. The molecule has 2 N–H and O–H groups in total. The van der Waals surface area contributed by atoms with Crippen LogP contribution in [0, 0.1) is 0 Å². The molecule has 74 valence electrons. The van der Waals surface area contributed by atoms with E-state index in [0.29, 0.717) is 0 Å². The van der Waals surface area contributed by atoms with Crippen molar-refractivity contribution in [2.75, 3.05) is 5.73 Å². The molecule has 2 heteroatoms. The van der Waals surface area contributed by atoms with Gasteiger partial charge in [-0.25, -0.2) is 0 Å². The number of benzene rings is 1. The van der Waals surface area contributed by atoms with Crippen LogP contribution in [0.5, 0.6) is 0 Å². The Morgan fingerprint density at radius 1 is 1.07 bits per heavy atom. The number of anilines is 1. The Kier molecular flexibility index (Phi) is 2.50. The summed E-state index contributed by atoms with van der Waals surface area (Å²) in [6.45, 7) is 3.77. The van der Waals surface area contributed by atoms with Gasteiger partial charge in [0.2, 0.25) is 5.69 Å². The number of rotatable bonds is 2. The van der Waals surface area contributed by atoms with E-state index in [1.165, 1.54) is 0 Å². The van der Waals surface area contributed by atoms with Crippen molar-refractivity contribution in [3.63, 3.8) is 0 Å². The summed E-state index contributed by atoms with van der Waals surface area (Å²) in [4.78, 5) is 0. The molecule has 0 unspecified atom stereocenters. The van der Waals surface area contributed by atoms with E-state index < -0.39 is 0 Å². The van der Waals surface area contributed by atoms with Crippen molar-refractivity contribution in [1.29, 1.82) is 0 Å². The number of hydrogen-bond acceptors (Lipinski definition) is 1. The zero-order chi connectivity index (χ0) is 10.7. The SMILES string of the molecule is C=C[n+]1ccccc1-c1ccc(N)cc1. The van der Waals surface area contributed by atoms with E-state index in [0.717, 1.165) is 16.9 Å². The van der Waals surface area contributed by atoms with E-state index in [-0.39, 0.29) is 0 Å². The van der Waals surface area contributed by atoms with Gasteiger partial charge >= 0.3 is 0 Å². The van der Waals surface area contributed by atoms with Gasteiger partial charge in [0.05, 0.1) is 0 Å². The Morgan fingerprint density at radius 3 is 2.47 bits per heavy atom. The molecule has 2 aromatic rings. The Hall–Kier alpha value is -2.09. The molecule has 0 aliphatic carbocycles. The van der Waals surface area contributed by atoms with Gasteiger partial charge in [-0.2, -0.15) is 4.57 Å². The molecule has 0 aliphatic heterocycles. The first kappa shape index (κ1) is 9.46. The Balaban J connectivity index is 2.53. The summed E-state index contributed by atoms with van der Waals surface area (Å²) in [6.07, 6.45) is 3.75. The van der Waals surface area contributed by atoms with Crippen LogP contribution < -0.4 is 10.3 Å². The maximum atomic E-state index is 5.65. The highest BCUT2D eigenvalue weighted by Crippen LogP contribution is 2.16. The maximum absolute atomic E-state index is 5.65. The first-order chi connectivity index (χ1) is 7.31. The molecule has 0 bridgehead atoms. The Morgan fingerprint density at radius 2 is 1.80 bits per heavy atom. The average molecular weight is 197 g/mol. The minimum Gasteiger partial charge on any atom is -0.399 e. The number of aromatic nitrogens is 1. The number of pyridine rings is 1. The number of nitrogens with two attached hydrogens (primary N) is 1. The smallest absolute Gasteiger partial charge is 0.217 e. The lowest BCUT2D eigenvalue weighted by Gasteiger charge is -1.99. The second kappa shape index (κ2) is 3.96. The van der Waals surface area contributed by atoms with Crippen molar-refractivity contribution in [1.82, 2.24) is 0 Å². The molecule has 0 amide bonds. The van der Waals surface area contributed by atoms with Crippen LogP contribution in [0.25, 0.3) is 17.5 Å². The van der Waals surface area contributed by atoms with E-state index >= 15 is 0 Å². The third-order valence-corrected chi connectivity index (χ3v) is 2.29. The highest BCUT2D eigenvalue weighted by Gasteiger charge is 2.08. The molecule has 15 heavy (non-hydrogen) atoms.